The van der Waals surface area contributed by atoms with Crippen molar-refractivity contribution >= 4 is 40.0 Å². The quantitative estimate of drug-likeness (QED) is 0.225. The average molecular weight is 468 g/mol. The number of guanidine groups is 1. The maximum atomic E-state index is 11.2. The predicted molar refractivity (Wildman–Crippen MR) is 110 cm³/mol. The van der Waals surface area contributed by atoms with Gasteiger partial charge in [0.25, 0.3) is 0 Å². The van der Waals surface area contributed by atoms with Crippen LogP contribution in [0.4, 0.5) is 0 Å². The van der Waals surface area contributed by atoms with Crippen molar-refractivity contribution in [2.45, 2.75) is 51.0 Å². The molecule has 0 aliphatic rings. The summed E-state index contributed by atoms with van der Waals surface area (Å²) in [5.74, 6) is 0.777. The van der Waals surface area contributed by atoms with Crippen molar-refractivity contribution in [1.82, 2.24) is 10.6 Å². The van der Waals surface area contributed by atoms with Gasteiger partial charge in [0.05, 0.1) is 11.4 Å². The number of halogens is 1. The van der Waals surface area contributed by atoms with Crippen molar-refractivity contribution in [1.29, 1.82) is 0 Å². The molecule has 0 unspecified atom stereocenters. The zero-order valence-electron chi connectivity index (χ0n) is 14.4. The highest BCUT2D eigenvalue weighted by molar-refractivity contribution is 14.0. The van der Waals surface area contributed by atoms with Crippen molar-refractivity contribution in [2.24, 2.45) is 10.1 Å². The zero-order valence-corrected chi connectivity index (χ0v) is 17.6. The molecule has 24 heavy (non-hydrogen) atoms. The highest BCUT2D eigenvalue weighted by atomic mass is 127. The number of sulfonamides is 1. The molecular formula is C16H29IN4O2S. The van der Waals surface area contributed by atoms with Crippen molar-refractivity contribution in [2.75, 3.05) is 13.1 Å². The third-order valence-corrected chi connectivity index (χ3v) is 4.27. The molecule has 0 aliphatic carbocycles. The second kappa shape index (κ2) is 12.5. The first-order chi connectivity index (χ1) is 11.0. The molecule has 0 aromatic heterocycles. The Hall–Kier alpha value is -0.870. The number of nitrogens with zero attached hydrogens (tertiary/aromatic N) is 1. The van der Waals surface area contributed by atoms with Gasteiger partial charge in [-0.15, -0.1) is 24.0 Å². The first kappa shape index (κ1) is 23.1. The van der Waals surface area contributed by atoms with E-state index in [-0.39, 0.29) is 28.9 Å². The molecule has 0 spiro atoms. The third kappa shape index (κ3) is 9.43. The first-order valence-electron chi connectivity index (χ1n) is 8.11. The smallest absolute Gasteiger partial charge is 0.238 e. The number of benzene rings is 1. The van der Waals surface area contributed by atoms with Gasteiger partial charge in [-0.1, -0.05) is 38.3 Å². The molecule has 0 saturated heterocycles. The summed E-state index contributed by atoms with van der Waals surface area (Å²) < 4.78 is 22.4. The monoisotopic (exact) mass is 468 g/mol. The summed E-state index contributed by atoms with van der Waals surface area (Å²) >= 11 is 0. The molecule has 138 valence electrons. The van der Waals surface area contributed by atoms with Crippen molar-refractivity contribution in [3.8, 4) is 0 Å². The summed E-state index contributed by atoms with van der Waals surface area (Å²) in [6, 6.07) is 6.47. The zero-order chi connectivity index (χ0) is 17.1. The minimum atomic E-state index is -3.64. The summed E-state index contributed by atoms with van der Waals surface area (Å²) in [6.07, 6.45) is 4.83. The Morgan fingerprint density at radius 3 is 2.29 bits per heavy atom. The third-order valence-electron chi connectivity index (χ3n) is 3.34. The fraction of sp³-hybridized carbons (Fsp3) is 0.562. The lowest BCUT2D eigenvalue weighted by molar-refractivity contribution is 0.598. The van der Waals surface area contributed by atoms with E-state index >= 15 is 0 Å². The molecule has 0 heterocycles. The molecule has 0 fully saturated rings. The lowest BCUT2D eigenvalue weighted by Gasteiger charge is -2.11. The van der Waals surface area contributed by atoms with Crippen LogP contribution in [0.2, 0.25) is 0 Å². The summed E-state index contributed by atoms with van der Waals surface area (Å²) in [5.41, 5.74) is 0.931. The molecule has 1 aromatic rings. The van der Waals surface area contributed by atoms with E-state index in [0.29, 0.717) is 6.54 Å². The van der Waals surface area contributed by atoms with E-state index < -0.39 is 10.0 Å². The van der Waals surface area contributed by atoms with Gasteiger partial charge in [0, 0.05) is 13.1 Å². The molecule has 0 saturated carbocycles. The van der Waals surface area contributed by atoms with E-state index in [9.17, 15) is 8.42 Å². The molecule has 0 amide bonds. The van der Waals surface area contributed by atoms with Crippen LogP contribution in [0.5, 0.6) is 0 Å². The summed E-state index contributed by atoms with van der Waals surface area (Å²) in [7, 11) is -3.64. The Morgan fingerprint density at radius 2 is 1.75 bits per heavy atom. The van der Waals surface area contributed by atoms with E-state index in [4.69, 9.17) is 5.14 Å². The number of aliphatic imine (C=N–C) groups is 1. The fourth-order valence-electron chi connectivity index (χ4n) is 2.06. The van der Waals surface area contributed by atoms with Gasteiger partial charge in [0.1, 0.15) is 0 Å². The molecule has 0 radical (unpaired) electrons. The normalized spacial score (nSPS) is 11.7. The molecule has 1 aromatic carbocycles. The summed E-state index contributed by atoms with van der Waals surface area (Å²) in [5, 5.41) is 11.6. The van der Waals surface area contributed by atoms with Crippen LogP contribution in [-0.2, 0) is 16.6 Å². The molecule has 0 aliphatic heterocycles. The molecule has 6 nitrogen and oxygen atoms in total. The number of primary sulfonamides is 1. The molecule has 0 atom stereocenters. The fourth-order valence-corrected chi connectivity index (χ4v) is 2.57. The van der Waals surface area contributed by atoms with E-state index in [1.54, 1.807) is 12.1 Å². The second-order valence-electron chi connectivity index (χ2n) is 5.37. The minimum Gasteiger partial charge on any atom is -0.357 e. The van der Waals surface area contributed by atoms with E-state index in [1.807, 2.05) is 6.92 Å². The lowest BCUT2D eigenvalue weighted by atomic mass is 10.2. The molecule has 0 bridgehead atoms. The number of unbranched alkanes of at least 4 members (excludes halogenated alkanes) is 3. The van der Waals surface area contributed by atoms with Gasteiger partial charge in [-0.2, -0.15) is 0 Å². The van der Waals surface area contributed by atoms with Gasteiger partial charge in [-0.3, -0.25) is 0 Å². The van der Waals surface area contributed by atoms with Crippen LogP contribution in [0, 0.1) is 0 Å². The van der Waals surface area contributed by atoms with Gasteiger partial charge in [-0.05, 0) is 31.0 Å². The van der Waals surface area contributed by atoms with Gasteiger partial charge < -0.3 is 10.6 Å². The van der Waals surface area contributed by atoms with Gasteiger partial charge in [0.2, 0.25) is 10.0 Å². The summed E-state index contributed by atoms with van der Waals surface area (Å²) in [6.45, 7) is 6.39. The van der Waals surface area contributed by atoms with Crippen LogP contribution in [0.15, 0.2) is 34.2 Å². The molecular weight excluding hydrogens is 439 g/mol. The number of nitrogens with two attached hydrogens (primary N) is 1. The van der Waals surface area contributed by atoms with E-state index in [0.717, 1.165) is 31.0 Å². The number of hydrogen-bond acceptors (Lipinski definition) is 3. The largest absolute Gasteiger partial charge is 0.357 e. The molecule has 4 N–H and O–H groups in total. The number of hydrogen-bond donors (Lipinski definition) is 3. The number of nitrogens with one attached hydrogen (secondary N) is 2. The number of rotatable bonds is 9. The van der Waals surface area contributed by atoms with Crippen LogP contribution in [0.3, 0.4) is 0 Å². The Balaban J connectivity index is 0.00000529. The van der Waals surface area contributed by atoms with Crippen LogP contribution >= 0.6 is 24.0 Å². The summed E-state index contributed by atoms with van der Waals surface area (Å²) in [4.78, 5) is 4.62. The predicted octanol–water partition coefficient (Wildman–Crippen LogP) is 2.59. The van der Waals surface area contributed by atoms with Gasteiger partial charge in [0.15, 0.2) is 5.96 Å². The molecule has 1 rings (SSSR count). The maximum absolute atomic E-state index is 11.2. The van der Waals surface area contributed by atoms with Crippen molar-refractivity contribution < 1.29 is 8.42 Å². The molecule has 8 heteroatoms. The average Bonchev–Trinajstić information content (AvgIpc) is 2.52. The van der Waals surface area contributed by atoms with Crippen molar-refractivity contribution in [3.05, 3.63) is 29.8 Å². The first-order valence-corrected chi connectivity index (χ1v) is 9.66. The Morgan fingerprint density at radius 1 is 1.08 bits per heavy atom. The maximum Gasteiger partial charge on any atom is 0.238 e. The van der Waals surface area contributed by atoms with Crippen LogP contribution in [0.25, 0.3) is 0 Å². The van der Waals surface area contributed by atoms with E-state index in [2.05, 4.69) is 22.5 Å². The van der Waals surface area contributed by atoms with Crippen molar-refractivity contribution in [3.63, 3.8) is 0 Å². The van der Waals surface area contributed by atoms with Crippen LogP contribution in [0.1, 0.15) is 45.1 Å². The lowest BCUT2D eigenvalue weighted by Crippen LogP contribution is -2.37. The Kier molecular flexibility index (Phi) is 12.0. The minimum absolute atomic E-state index is 0. The Labute approximate surface area is 162 Å². The topological polar surface area (TPSA) is 96.6 Å². The van der Waals surface area contributed by atoms with Gasteiger partial charge in [-0.25, -0.2) is 18.5 Å². The van der Waals surface area contributed by atoms with Crippen LogP contribution < -0.4 is 15.8 Å². The SMILES string of the molecule is CCCCCCNC(=NCc1ccc(S(N)(=O)=O)cc1)NCC.I. The Bertz CT molecular complexity index is 589. The standard InChI is InChI=1S/C16H28N4O2S.HI/c1-3-5-6-7-12-19-16(18-4-2)20-13-14-8-10-15(11-9-14)23(17,21)22;/h8-11H,3-7,12-13H2,1-2H3,(H2,17,21,22)(H2,18,19,20);1H. The van der Waals surface area contributed by atoms with Crippen LogP contribution in [-0.4, -0.2) is 27.5 Å². The highest BCUT2D eigenvalue weighted by Crippen LogP contribution is 2.09. The highest BCUT2D eigenvalue weighted by Gasteiger charge is 2.06. The van der Waals surface area contributed by atoms with Gasteiger partial charge >= 0.3 is 0 Å². The van der Waals surface area contributed by atoms with E-state index in [1.165, 1.54) is 31.4 Å². The second-order valence-corrected chi connectivity index (χ2v) is 6.93.